The minimum Gasteiger partial charge on any atom is -0.476 e. The van der Waals surface area contributed by atoms with E-state index in [1.54, 1.807) is 51.5 Å². The predicted molar refractivity (Wildman–Crippen MR) is 198 cm³/mol. The summed E-state index contributed by atoms with van der Waals surface area (Å²) in [6.45, 7) is 13.1. The summed E-state index contributed by atoms with van der Waals surface area (Å²) >= 11 is 0. The Hall–Kier alpha value is -4.16. The zero-order valence-corrected chi connectivity index (χ0v) is 31.8. The van der Waals surface area contributed by atoms with Gasteiger partial charge < -0.3 is 39.0 Å². The molecule has 1 saturated carbocycles. The molecule has 0 spiro atoms. The van der Waals surface area contributed by atoms with Gasteiger partial charge in [0.15, 0.2) is 5.60 Å². The number of fused-ring (bicyclic) bond motifs is 1. The monoisotopic (exact) mass is 720 g/mol. The number of carbonyl (C=O) groups is 4. The summed E-state index contributed by atoms with van der Waals surface area (Å²) in [7, 11) is 1.63. The smallest absolute Gasteiger partial charge is 0.410 e. The number of methoxy groups -OCH3 is 1. The van der Waals surface area contributed by atoms with Gasteiger partial charge >= 0.3 is 6.09 Å². The molecule has 4 amide bonds. The van der Waals surface area contributed by atoms with Crippen LogP contribution in [-0.2, 0) is 28.6 Å². The Morgan fingerprint density at radius 3 is 2.40 bits per heavy atom. The summed E-state index contributed by atoms with van der Waals surface area (Å²) in [5.74, 6) is -1.31. The zero-order chi connectivity index (χ0) is 37.6. The van der Waals surface area contributed by atoms with Crippen molar-refractivity contribution in [3.8, 4) is 5.75 Å². The Balaban J connectivity index is 1.43. The minimum atomic E-state index is -1.04. The Labute approximate surface area is 308 Å². The highest BCUT2D eigenvalue weighted by Gasteiger charge is 2.45. The molecule has 0 radical (unpaired) electrons. The standard InChI is InChI=1S/C40H56N4O8/c1-8-50-22-19-32(27-13-10-9-11-14-27)41-35(45)28-23-29(26-42(25-28)38(48)52-39(2,3)4)36(46)44(30-15-16-30)31-17-18-34-33(24-31)43(20-12-21-49-7)37(47)40(5,6)51-34/h9-11,13-14,17-18,24,28-30,32H,8,12,15-16,19-23,25-26H2,1-7H3,(H,41,45)/t28-,29+,32-/m0/s1. The molecular weight excluding hydrogens is 664 g/mol. The van der Waals surface area contributed by atoms with E-state index in [1.807, 2.05) is 55.5 Å². The van der Waals surface area contributed by atoms with Crippen molar-refractivity contribution in [2.75, 3.05) is 56.4 Å². The molecule has 2 aromatic carbocycles. The number of rotatable bonds is 14. The third-order valence-electron chi connectivity index (χ3n) is 9.61. The number of nitrogens with one attached hydrogen (secondary N) is 1. The van der Waals surface area contributed by atoms with Crippen molar-refractivity contribution in [2.24, 2.45) is 11.8 Å². The maximum atomic E-state index is 14.7. The summed E-state index contributed by atoms with van der Waals surface area (Å²) in [6.07, 6.45) is 2.58. The first-order valence-corrected chi connectivity index (χ1v) is 18.6. The number of amides is 4. The van der Waals surface area contributed by atoms with Crippen molar-refractivity contribution < 1.29 is 38.1 Å². The van der Waals surface area contributed by atoms with Crippen LogP contribution in [0.25, 0.3) is 0 Å². The van der Waals surface area contributed by atoms with Crippen LogP contribution < -0.4 is 19.9 Å². The fourth-order valence-electron chi connectivity index (χ4n) is 6.93. The van der Waals surface area contributed by atoms with E-state index in [0.717, 1.165) is 18.4 Å². The van der Waals surface area contributed by atoms with Crippen molar-refractivity contribution in [3.63, 3.8) is 0 Å². The van der Waals surface area contributed by atoms with Crippen LogP contribution in [0.1, 0.15) is 85.3 Å². The summed E-state index contributed by atoms with van der Waals surface area (Å²) < 4.78 is 22.8. The second-order valence-electron chi connectivity index (χ2n) is 15.5. The fourth-order valence-corrected chi connectivity index (χ4v) is 6.93. The fraction of sp³-hybridized carbons (Fsp3) is 0.600. The molecule has 2 heterocycles. The number of nitrogens with zero attached hydrogens (tertiary/aromatic N) is 3. The molecule has 12 nitrogen and oxygen atoms in total. The van der Waals surface area contributed by atoms with Crippen LogP contribution in [0.15, 0.2) is 48.5 Å². The highest BCUT2D eigenvalue weighted by atomic mass is 16.6. The quantitative estimate of drug-likeness (QED) is 0.240. The molecule has 0 aromatic heterocycles. The van der Waals surface area contributed by atoms with Gasteiger partial charge in [0.25, 0.3) is 5.91 Å². The van der Waals surface area contributed by atoms with Crippen LogP contribution in [0.3, 0.4) is 0 Å². The van der Waals surface area contributed by atoms with Crippen molar-refractivity contribution in [1.82, 2.24) is 10.2 Å². The van der Waals surface area contributed by atoms with Gasteiger partial charge in [0.1, 0.15) is 11.4 Å². The van der Waals surface area contributed by atoms with Crippen LogP contribution in [-0.4, -0.2) is 92.5 Å². The van der Waals surface area contributed by atoms with Crippen LogP contribution in [0.2, 0.25) is 0 Å². The summed E-state index contributed by atoms with van der Waals surface area (Å²) in [4.78, 5) is 60.9. The molecule has 3 atom stereocenters. The van der Waals surface area contributed by atoms with E-state index in [0.29, 0.717) is 56.3 Å². The van der Waals surface area contributed by atoms with Crippen molar-refractivity contribution >= 4 is 35.2 Å². The Kier molecular flexibility index (Phi) is 12.5. The van der Waals surface area contributed by atoms with Gasteiger partial charge in [-0.3, -0.25) is 14.4 Å². The van der Waals surface area contributed by atoms with E-state index in [-0.39, 0.29) is 49.3 Å². The number of ether oxygens (including phenoxy) is 4. The third kappa shape index (κ3) is 9.63. The lowest BCUT2D eigenvalue weighted by atomic mass is 9.87. The van der Waals surface area contributed by atoms with Crippen LogP contribution in [0, 0.1) is 11.8 Å². The zero-order valence-electron chi connectivity index (χ0n) is 31.8. The molecule has 1 saturated heterocycles. The minimum absolute atomic E-state index is 0.0330. The van der Waals surface area contributed by atoms with E-state index in [1.165, 1.54) is 4.90 Å². The Bertz CT molecular complexity index is 1570. The topological polar surface area (TPSA) is 127 Å². The lowest BCUT2D eigenvalue weighted by Crippen LogP contribution is -2.54. The molecule has 3 aliphatic rings. The van der Waals surface area contributed by atoms with Crippen LogP contribution >= 0.6 is 0 Å². The number of hydrogen-bond donors (Lipinski definition) is 1. The van der Waals surface area contributed by atoms with Gasteiger partial charge in [0.05, 0.1) is 23.6 Å². The van der Waals surface area contributed by atoms with E-state index >= 15 is 0 Å². The van der Waals surface area contributed by atoms with E-state index in [4.69, 9.17) is 18.9 Å². The van der Waals surface area contributed by atoms with Crippen LogP contribution in [0.5, 0.6) is 5.75 Å². The molecule has 2 aromatic rings. The normalized spacial score (nSPS) is 20.4. The second kappa shape index (κ2) is 16.7. The summed E-state index contributed by atoms with van der Waals surface area (Å²) in [5, 5.41) is 3.21. The Morgan fingerprint density at radius 1 is 1.04 bits per heavy atom. The number of anilines is 2. The van der Waals surface area contributed by atoms with Gasteiger partial charge in [-0.2, -0.15) is 0 Å². The molecule has 1 aliphatic carbocycles. The maximum absolute atomic E-state index is 14.7. The van der Waals surface area contributed by atoms with Gasteiger partial charge in [-0.25, -0.2) is 4.79 Å². The lowest BCUT2D eigenvalue weighted by Gasteiger charge is -2.40. The lowest BCUT2D eigenvalue weighted by molar-refractivity contribution is -0.133. The summed E-state index contributed by atoms with van der Waals surface area (Å²) in [6, 6.07) is 14.9. The highest BCUT2D eigenvalue weighted by molar-refractivity contribution is 6.04. The maximum Gasteiger partial charge on any atom is 0.410 e. The number of likely N-dealkylation sites (tertiary alicyclic amines) is 1. The molecule has 2 fully saturated rings. The highest BCUT2D eigenvalue weighted by Crippen LogP contribution is 2.43. The Morgan fingerprint density at radius 2 is 1.75 bits per heavy atom. The van der Waals surface area contributed by atoms with E-state index in [2.05, 4.69) is 5.32 Å². The van der Waals surface area contributed by atoms with E-state index < -0.39 is 29.1 Å². The first-order chi connectivity index (χ1) is 24.7. The number of piperidine rings is 1. The van der Waals surface area contributed by atoms with Gasteiger partial charge in [0.2, 0.25) is 11.8 Å². The van der Waals surface area contributed by atoms with Crippen LogP contribution in [0.4, 0.5) is 16.2 Å². The van der Waals surface area contributed by atoms with Gasteiger partial charge in [0, 0.05) is 58.3 Å². The average Bonchev–Trinajstić information content (AvgIpc) is 3.94. The molecule has 5 rings (SSSR count). The first kappa shape index (κ1) is 39.1. The second-order valence-corrected chi connectivity index (χ2v) is 15.5. The molecule has 2 aliphatic heterocycles. The predicted octanol–water partition coefficient (Wildman–Crippen LogP) is 5.88. The summed E-state index contributed by atoms with van der Waals surface area (Å²) in [5.41, 5.74) is 0.410. The SMILES string of the molecule is CCOCC[C@H](NC(=O)[C@H]1C[C@@H](C(=O)N(c2ccc3c(c2)N(CCCOC)C(=O)C(C)(C)O3)C2CC2)CN(C(=O)OC(C)(C)C)C1)c1ccccc1. The molecular formula is C40H56N4O8. The van der Waals surface area contributed by atoms with Gasteiger partial charge in [-0.1, -0.05) is 30.3 Å². The third-order valence-corrected chi connectivity index (χ3v) is 9.61. The van der Waals surface area contributed by atoms with Gasteiger partial charge in [-0.05, 0) is 97.4 Å². The van der Waals surface area contributed by atoms with Crippen molar-refractivity contribution in [1.29, 1.82) is 0 Å². The van der Waals surface area contributed by atoms with Gasteiger partial charge in [-0.15, -0.1) is 0 Å². The largest absolute Gasteiger partial charge is 0.476 e. The number of benzene rings is 2. The molecule has 1 N–H and O–H groups in total. The number of carbonyl (C=O) groups excluding carboxylic acids is 4. The number of hydrogen-bond acceptors (Lipinski definition) is 8. The van der Waals surface area contributed by atoms with Crippen molar-refractivity contribution in [2.45, 2.75) is 96.9 Å². The first-order valence-electron chi connectivity index (χ1n) is 18.6. The van der Waals surface area contributed by atoms with E-state index in [9.17, 15) is 19.2 Å². The average molecular weight is 721 g/mol. The molecule has 52 heavy (non-hydrogen) atoms. The molecule has 0 unspecified atom stereocenters. The van der Waals surface area contributed by atoms with Crippen molar-refractivity contribution in [3.05, 3.63) is 54.1 Å². The molecule has 0 bridgehead atoms. The molecule has 284 valence electrons. The molecule has 12 heteroatoms.